The van der Waals surface area contributed by atoms with E-state index in [0.717, 1.165) is 12.1 Å². The van der Waals surface area contributed by atoms with Gasteiger partial charge in [0.25, 0.3) is 0 Å². The fourth-order valence-electron chi connectivity index (χ4n) is 1.75. The molecule has 2 heterocycles. The first-order valence-corrected chi connectivity index (χ1v) is 6.50. The number of rotatable bonds is 5. The summed E-state index contributed by atoms with van der Waals surface area (Å²) in [6, 6.07) is 1.19. The lowest BCUT2D eigenvalue weighted by Gasteiger charge is -2.06. The van der Waals surface area contributed by atoms with Gasteiger partial charge < -0.3 is 14.3 Å². The van der Waals surface area contributed by atoms with Crippen LogP contribution in [0.4, 0.5) is 0 Å². The summed E-state index contributed by atoms with van der Waals surface area (Å²) in [5.41, 5.74) is 1.12. The van der Waals surface area contributed by atoms with Crippen molar-refractivity contribution in [3.63, 3.8) is 0 Å². The molecule has 2 rings (SSSR count). The SMILES string of the molecule is CCc1nn(C)c(COc2coc(CO)cc2=O)c1Cl. The monoisotopic (exact) mass is 298 g/mol. The molecule has 0 spiro atoms. The van der Waals surface area contributed by atoms with Gasteiger partial charge in [-0.3, -0.25) is 9.48 Å². The normalized spacial score (nSPS) is 10.8. The first-order valence-electron chi connectivity index (χ1n) is 6.12. The number of ether oxygens (including phenoxy) is 1. The molecule has 7 heteroatoms. The number of aliphatic hydroxyl groups is 1. The predicted molar refractivity (Wildman–Crippen MR) is 72.8 cm³/mol. The van der Waals surface area contributed by atoms with E-state index >= 15 is 0 Å². The van der Waals surface area contributed by atoms with Crippen LogP contribution >= 0.6 is 11.6 Å². The van der Waals surface area contributed by atoms with Crippen LogP contribution in [0.25, 0.3) is 0 Å². The van der Waals surface area contributed by atoms with Crippen molar-refractivity contribution >= 4 is 11.6 Å². The van der Waals surface area contributed by atoms with Gasteiger partial charge in [-0.25, -0.2) is 0 Å². The fraction of sp³-hybridized carbons (Fsp3) is 0.385. The third kappa shape index (κ3) is 2.86. The first-order chi connectivity index (χ1) is 9.56. The molecule has 1 N–H and O–H groups in total. The average molecular weight is 299 g/mol. The molecule has 0 aromatic carbocycles. The Morgan fingerprint density at radius 2 is 2.30 bits per heavy atom. The molecule has 0 aliphatic carbocycles. The van der Waals surface area contributed by atoms with E-state index in [1.165, 1.54) is 12.3 Å². The number of hydrogen-bond acceptors (Lipinski definition) is 5. The van der Waals surface area contributed by atoms with Gasteiger partial charge in [0.05, 0.1) is 16.4 Å². The summed E-state index contributed by atoms with van der Waals surface area (Å²) in [7, 11) is 1.76. The summed E-state index contributed by atoms with van der Waals surface area (Å²) >= 11 is 6.19. The maximum atomic E-state index is 11.7. The van der Waals surface area contributed by atoms with E-state index in [1.807, 2.05) is 6.92 Å². The molecule has 0 atom stereocenters. The van der Waals surface area contributed by atoms with Crippen molar-refractivity contribution in [3.8, 4) is 5.75 Å². The van der Waals surface area contributed by atoms with Gasteiger partial charge in [0, 0.05) is 13.1 Å². The van der Waals surface area contributed by atoms with Crippen LogP contribution in [0.5, 0.6) is 5.75 Å². The van der Waals surface area contributed by atoms with Gasteiger partial charge in [-0.05, 0) is 6.42 Å². The zero-order valence-corrected chi connectivity index (χ0v) is 12.0. The van der Waals surface area contributed by atoms with Crippen LogP contribution in [0.3, 0.4) is 0 Å². The van der Waals surface area contributed by atoms with Crippen LogP contribution in [0.15, 0.2) is 21.5 Å². The molecular formula is C13H15ClN2O4. The van der Waals surface area contributed by atoms with E-state index < -0.39 is 0 Å². The number of aromatic nitrogens is 2. The minimum Gasteiger partial charge on any atom is -0.480 e. The molecule has 108 valence electrons. The quantitative estimate of drug-likeness (QED) is 0.908. The first kappa shape index (κ1) is 14.6. The fourth-order valence-corrected chi connectivity index (χ4v) is 2.10. The molecule has 0 saturated heterocycles. The van der Waals surface area contributed by atoms with E-state index in [4.69, 9.17) is 25.9 Å². The Hall–Kier alpha value is -1.79. The third-order valence-electron chi connectivity index (χ3n) is 2.88. The largest absolute Gasteiger partial charge is 0.480 e. The van der Waals surface area contributed by atoms with Gasteiger partial charge >= 0.3 is 0 Å². The van der Waals surface area contributed by atoms with Crippen LogP contribution in [0.1, 0.15) is 24.1 Å². The highest BCUT2D eigenvalue weighted by Crippen LogP contribution is 2.22. The number of nitrogens with zero attached hydrogens (tertiary/aromatic N) is 2. The predicted octanol–water partition coefficient (Wildman–Crippen LogP) is 1.66. The average Bonchev–Trinajstić information content (AvgIpc) is 2.72. The molecule has 2 aromatic heterocycles. The smallest absolute Gasteiger partial charge is 0.227 e. The summed E-state index contributed by atoms with van der Waals surface area (Å²) in [6.45, 7) is 1.75. The molecule has 0 fully saturated rings. The van der Waals surface area contributed by atoms with Crippen LogP contribution in [0, 0.1) is 0 Å². The summed E-state index contributed by atoms with van der Waals surface area (Å²) in [5, 5.41) is 13.7. The number of aryl methyl sites for hydroxylation is 2. The van der Waals surface area contributed by atoms with Crippen molar-refractivity contribution in [2.45, 2.75) is 26.6 Å². The molecule has 2 aromatic rings. The van der Waals surface area contributed by atoms with E-state index in [2.05, 4.69) is 5.10 Å². The molecular weight excluding hydrogens is 284 g/mol. The number of halogens is 1. The minimum absolute atomic E-state index is 0.0671. The van der Waals surface area contributed by atoms with Gasteiger partial charge in [-0.2, -0.15) is 5.10 Å². The Morgan fingerprint density at radius 3 is 2.85 bits per heavy atom. The maximum Gasteiger partial charge on any atom is 0.227 e. The van der Waals surface area contributed by atoms with Gasteiger partial charge in [-0.15, -0.1) is 0 Å². The Kier molecular flexibility index (Phi) is 4.46. The standard InChI is InChI=1S/C13H15ClN2O4/c1-3-9-13(14)10(16(2)15-9)6-20-12-7-19-8(5-17)4-11(12)18/h4,7,17H,3,5-6H2,1-2H3. The highest BCUT2D eigenvalue weighted by molar-refractivity contribution is 6.31. The summed E-state index contributed by atoms with van der Waals surface area (Å²) in [5.74, 6) is 0.256. The van der Waals surface area contributed by atoms with Gasteiger partial charge in [0.15, 0.2) is 0 Å². The maximum absolute atomic E-state index is 11.7. The van der Waals surface area contributed by atoms with Crippen molar-refractivity contribution in [2.75, 3.05) is 0 Å². The van der Waals surface area contributed by atoms with Crippen molar-refractivity contribution < 1.29 is 14.3 Å². The van der Waals surface area contributed by atoms with E-state index in [-0.39, 0.29) is 30.2 Å². The second-order valence-corrected chi connectivity index (χ2v) is 4.58. The number of aliphatic hydroxyl groups excluding tert-OH is 1. The highest BCUT2D eigenvalue weighted by atomic mass is 35.5. The van der Waals surface area contributed by atoms with Crippen molar-refractivity contribution in [3.05, 3.63) is 44.7 Å². The Balaban J connectivity index is 2.17. The van der Waals surface area contributed by atoms with Crippen molar-refractivity contribution in [2.24, 2.45) is 7.05 Å². The van der Waals surface area contributed by atoms with Crippen LogP contribution in [0.2, 0.25) is 5.02 Å². The van der Waals surface area contributed by atoms with Crippen LogP contribution in [-0.2, 0) is 26.7 Å². The lowest BCUT2D eigenvalue weighted by molar-refractivity contribution is 0.235. The van der Waals surface area contributed by atoms with Crippen LogP contribution in [-0.4, -0.2) is 14.9 Å². The number of hydrogen-bond donors (Lipinski definition) is 1. The lowest BCUT2D eigenvalue weighted by atomic mass is 10.3. The van der Waals surface area contributed by atoms with Crippen molar-refractivity contribution in [1.82, 2.24) is 9.78 Å². The molecule has 0 unspecified atom stereocenters. The highest BCUT2D eigenvalue weighted by Gasteiger charge is 2.14. The molecule has 0 aliphatic rings. The Morgan fingerprint density at radius 1 is 1.55 bits per heavy atom. The molecule has 6 nitrogen and oxygen atoms in total. The summed E-state index contributed by atoms with van der Waals surface area (Å²) < 4.78 is 12.1. The molecule has 0 radical (unpaired) electrons. The second kappa shape index (κ2) is 6.11. The summed E-state index contributed by atoms with van der Waals surface area (Å²) in [4.78, 5) is 11.7. The molecule has 0 saturated carbocycles. The topological polar surface area (TPSA) is 77.5 Å². The second-order valence-electron chi connectivity index (χ2n) is 4.21. The lowest BCUT2D eigenvalue weighted by Crippen LogP contribution is -2.10. The van der Waals surface area contributed by atoms with E-state index in [1.54, 1.807) is 11.7 Å². The van der Waals surface area contributed by atoms with Crippen LogP contribution < -0.4 is 10.2 Å². The Labute approximate surface area is 120 Å². The van der Waals surface area contributed by atoms with Gasteiger partial charge in [0.1, 0.15) is 25.2 Å². The summed E-state index contributed by atoms with van der Waals surface area (Å²) in [6.07, 6.45) is 1.90. The van der Waals surface area contributed by atoms with E-state index in [9.17, 15) is 4.79 Å². The Bertz CT molecular complexity index is 663. The zero-order valence-electron chi connectivity index (χ0n) is 11.2. The van der Waals surface area contributed by atoms with Crippen molar-refractivity contribution in [1.29, 1.82) is 0 Å². The van der Waals surface area contributed by atoms with Gasteiger partial charge in [0.2, 0.25) is 11.2 Å². The molecule has 20 heavy (non-hydrogen) atoms. The molecule has 0 bridgehead atoms. The third-order valence-corrected chi connectivity index (χ3v) is 3.31. The molecule has 0 aliphatic heterocycles. The minimum atomic E-state index is -0.352. The van der Waals surface area contributed by atoms with E-state index in [0.29, 0.717) is 10.7 Å². The van der Waals surface area contributed by atoms with Gasteiger partial charge in [-0.1, -0.05) is 18.5 Å². The zero-order chi connectivity index (χ0) is 14.7. The molecule has 0 amide bonds.